The van der Waals surface area contributed by atoms with E-state index in [0.29, 0.717) is 36.1 Å². The van der Waals surface area contributed by atoms with Gasteiger partial charge in [0.15, 0.2) is 0 Å². The van der Waals surface area contributed by atoms with Crippen LogP contribution in [-0.4, -0.2) is 32.4 Å². The van der Waals surface area contributed by atoms with Gasteiger partial charge in [0, 0.05) is 25.2 Å². The van der Waals surface area contributed by atoms with Crippen molar-refractivity contribution >= 4 is 10.0 Å². The fraction of sp³-hybridized carbons (Fsp3) is 0.733. The second-order valence-corrected chi connectivity index (χ2v) is 7.54. The standard InChI is InChI=1S/C15H26N2O3S/c1-4-8-16-11-14-12(2)20-13(3)15(14)21(18,19)17-9-6-5-7-10-17/h16H,4-11H2,1-3H3. The van der Waals surface area contributed by atoms with Gasteiger partial charge in [-0.25, -0.2) is 8.42 Å². The van der Waals surface area contributed by atoms with Crippen LogP contribution in [0.5, 0.6) is 0 Å². The molecule has 0 aliphatic carbocycles. The molecule has 0 atom stereocenters. The molecule has 0 amide bonds. The molecule has 21 heavy (non-hydrogen) atoms. The molecule has 1 fully saturated rings. The largest absolute Gasteiger partial charge is 0.465 e. The lowest BCUT2D eigenvalue weighted by molar-refractivity contribution is 0.345. The van der Waals surface area contributed by atoms with Gasteiger partial charge in [0.25, 0.3) is 0 Å². The summed E-state index contributed by atoms with van der Waals surface area (Å²) in [5, 5.41) is 3.28. The van der Waals surface area contributed by atoms with E-state index in [0.717, 1.165) is 37.8 Å². The first-order chi connectivity index (χ1) is 9.98. The molecule has 0 spiro atoms. The summed E-state index contributed by atoms with van der Waals surface area (Å²) in [7, 11) is -3.44. The Morgan fingerprint density at radius 1 is 1.14 bits per heavy atom. The summed E-state index contributed by atoms with van der Waals surface area (Å²) in [5.41, 5.74) is 0.784. The molecule has 0 unspecified atom stereocenters. The minimum Gasteiger partial charge on any atom is -0.465 e. The lowest BCUT2D eigenvalue weighted by Gasteiger charge is -2.26. The van der Waals surface area contributed by atoms with Crippen molar-refractivity contribution in [2.75, 3.05) is 19.6 Å². The minimum absolute atomic E-state index is 0.380. The molecular formula is C15H26N2O3S. The first-order valence-corrected chi connectivity index (χ1v) is 9.22. The zero-order chi connectivity index (χ0) is 15.5. The average molecular weight is 314 g/mol. The fourth-order valence-electron chi connectivity index (χ4n) is 2.88. The minimum atomic E-state index is -3.44. The maximum Gasteiger partial charge on any atom is 0.246 e. The van der Waals surface area contributed by atoms with E-state index in [9.17, 15) is 8.42 Å². The molecule has 5 nitrogen and oxygen atoms in total. The molecule has 6 heteroatoms. The number of aryl methyl sites for hydroxylation is 2. The topological polar surface area (TPSA) is 62.6 Å². The Balaban J connectivity index is 2.32. The molecule has 0 bridgehead atoms. The number of hydrogen-bond donors (Lipinski definition) is 1. The van der Waals surface area contributed by atoms with Gasteiger partial charge in [-0.05, 0) is 39.7 Å². The number of piperidine rings is 1. The Morgan fingerprint density at radius 2 is 1.81 bits per heavy atom. The molecule has 1 N–H and O–H groups in total. The van der Waals surface area contributed by atoms with E-state index in [1.807, 2.05) is 6.92 Å². The second kappa shape index (κ2) is 6.94. The number of furan rings is 1. The Bertz CT molecular complexity index is 572. The predicted molar refractivity (Wildman–Crippen MR) is 82.8 cm³/mol. The van der Waals surface area contributed by atoms with E-state index < -0.39 is 10.0 Å². The van der Waals surface area contributed by atoms with Crippen LogP contribution in [-0.2, 0) is 16.6 Å². The third-order valence-corrected chi connectivity index (χ3v) is 6.06. The first kappa shape index (κ1) is 16.5. The van der Waals surface area contributed by atoms with Crippen LogP contribution >= 0.6 is 0 Å². The number of nitrogens with one attached hydrogen (secondary N) is 1. The van der Waals surface area contributed by atoms with Gasteiger partial charge < -0.3 is 9.73 Å². The monoisotopic (exact) mass is 314 g/mol. The Labute approximate surface area is 127 Å². The average Bonchev–Trinajstić information content (AvgIpc) is 2.75. The summed E-state index contributed by atoms with van der Waals surface area (Å²) >= 11 is 0. The van der Waals surface area contributed by atoms with Crippen molar-refractivity contribution in [3.8, 4) is 0 Å². The summed E-state index contributed by atoms with van der Waals surface area (Å²) in [6.45, 7) is 8.32. The summed E-state index contributed by atoms with van der Waals surface area (Å²) in [5.74, 6) is 1.21. The molecule has 2 rings (SSSR count). The summed E-state index contributed by atoms with van der Waals surface area (Å²) in [6.07, 6.45) is 4.02. The molecular weight excluding hydrogens is 288 g/mol. The molecule has 0 aromatic carbocycles. The van der Waals surface area contributed by atoms with E-state index in [1.54, 1.807) is 11.2 Å². The number of sulfonamides is 1. The summed E-state index contributed by atoms with van der Waals surface area (Å²) in [4.78, 5) is 0.380. The van der Waals surface area contributed by atoms with E-state index >= 15 is 0 Å². The van der Waals surface area contributed by atoms with E-state index in [4.69, 9.17) is 4.42 Å². The van der Waals surface area contributed by atoms with Gasteiger partial charge in [-0.15, -0.1) is 0 Å². The highest BCUT2D eigenvalue weighted by Crippen LogP contribution is 2.30. The predicted octanol–water partition coefficient (Wildman–Crippen LogP) is 2.57. The molecule has 120 valence electrons. The third-order valence-electron chi connectivity index (χ3n) is 3.97. The second-order valence-electron chi connectivity index (χ2n) is 5.66. The van der Waals surface area contributed by atoms with Gasteiger partial charge >= 0.3 is 0 Å². The highest BCUT2D eigenvalue weighted by molar-refractivity contribution is 7.89. The molecule has 1 aliphatic rings. The van der Waals surface area contributed by atoms with Crippen LogP contribution in [0.25, 0.3) is 0 Å². The van der Waals surface area contributed by atoms with Crippen molar-refractivity contribution in [3.63, 3.8) is 0 Å². The zero-order valence-electron chi connectivity index (χ0n) is 13.2. The van der Waals surface area contributed by atoms with Gasteiger partial charge in [0.1, 0.15) is 16.4 Å². The van der Waals surface area contributed by atoms with E-state index in [2.05, 4.69) is 12.2 Å². The Kier molecular flexibility index (Phi) is 5.46. The molecule has 1 aromatic rings. The molecule has 1 aromatic heterocycles. The van der Waals surface area contributed by atoms with Crippen molar-refractivity contribution < 1.29 is 12.8 Å². The Hall–Kier alpha value is -0.850. The molecule has 0 radical (unpaired) electrons. The maximum absolute atomic E-state index is 12.9. The van der Waals surface area contributed by atoms with Crippen molar-refractivity contribution in [2.45, 2.75) is 57.9 Å². The lowest BCUT2D eigenvalue weighted by atomic mass is 10.2. The number of rotatable bonds is 6. The molecule has 1 aliphatic heterocycles. The molecule has 0 saturated carbocycles. The van der Waals surface area contributed by atoms with E-state index in [1.165, 1.54) is 0 Å². The van der Waals surface area contributed by atoms with Crippen molar-refractivity contribution in [1.29, 1.82) is 0 Å². The van der Waals surface area contributed by atoms with Gasteiger partial charge in [-0.1, -0.05) is 13.3 Å². The van der Waals surface area contributed by atoms with Gasteiger partial charge in [0.05, 0.1) is 0 Å². The summed E-state index contributed by atoms with van der Waals surface area (Å²) in [6, 6.07) is 0. The van der Waals surface area contributed by atoms with Crippen LogP contribution in [0.1, 0.15) is 49.7 Å². The van der Waals surface area contributed by atoms with Crippen LogP contribution in [0.2, 0.25) is 0 Å². The van der Waals surface area contributed by atoms with Crippen LogP contribution in [0.15, 0.2) is 9.31 Å². The van der Waals surface area contributed by atoms with Crippen LogP contribution in [0.4, 0.5) is 0 Å². The van der Waals surface area contributed by atoms with Gasteiger partial charge in [-0.2, -0.15) is 4.31 Å². The van der Waals surface area contributed by atoms with Crippen molar-refractivity contribution in [1.82, 2.24) is 9.62 Å². The van der Waals surface area contributed by atoms with Crippen LogP contribution < -0.4 is 5.32 Å². The third kappa shape index (κ3) is 3.49. The van der Waals surface area contributed by atoms with E-state index in [-0.39, 0.29) is 0 Å². The van der Waals surface area contributed by atoms with Gasteiger partial charge in [0.2, 0.25) is 10.0 Å². The first-order valence-electron chi connectivity index (χ1n) is 7.78. The van der Waals surface area contributed by atoms with Crippen LogP contribution in [0.3, 0.4) is 0 Å². The maximum atomic E-state index is 12.9. The SMILES string of the molecule is CCCNCc1c(C)oc(C)c1S(=O)(=O)N1CCCCC1. The van der Waals surface area contributed by atoms with Crippen molar-refractivity contribution in [3.05, 3.63) is 17.1 Å². The fourth-order valence-corrected chi connectivity index (χ4v) is 4.81. The lowest BCUT2D eigenvalue weighted by Crippen LogP contribution is -2.36. The smallest absolute Gasteiger partial charge is 0.246 e. The van der Waals surface area contributed by atoms with Gasteiger partial charge in [-0.3, -0.25) is 0 Å². The zero-order valence-corrected chi connectivity index (χ0v) is 14.1. The quantitative estimate of drug-likeness (QED) is 0.820. The number of nitrogens with zero attached hydrogens (tertiary/aromatic N) is 1. The normalized spacial score (nSPS) is 17.3. The van der Waals surface area contributed by atoms with Crippen LogP contribution in [0, 0.1) is 13.8 Å². The Morgan fingerprint density at radius 3 is 2.43 bits per heavy atom. The highest BCUT2D eigenvalue weighted by atomic mass is 32.2. The molecule has 2 heterocycles. The molecule has 1 saturated heterocycles. The number of hydrogen-bond acceptors (Lipinski definition) is 4. The summed E-state index contributed by atoms with van der Waals surface area (Å²) < 4.78 is 33.0. The van der Waals surface area contributed by atoms with Crippen molar-refractivity contribution in [2.24, 2.45) is 0 Å². The highest BCUT2D eigenvalue weighted by Gasteiger charge is 2.32.